The second-order valence-corrected chi connectivity index (χ2v) is 8.03. The molecule has 4 aromatic rings. The third-order valence-electron chi connectivity index (χ3n) is 4.45. The zero-order valence-corrected chi connectivity index (χ0v) is 15.8. The van der Waals surface area contributed by atoms with Gasteiger partial charge in [-0.15, -0.1) is 0 Å². The number of nitrogens with zero attached hydrogens (tertiary/aromatic N) is 2. The van der Waals surface area contributed by atoms with Crippen molar-refractivity contribution in [1.29, 1.82) is 0 Å². The number of hydrogen-bond acceptors (Lipinski definition) is 4. The van der Waals surface area contributed by atoms with Crippen LogP contribution in [0.15, 0.2) is 77.7 Å². The van der Waals surface area contributed by atoms with E-state index in [0.717, 1.165) is 20.6 Å². The Labute approximate surface area is 157 Å². The van der Waals surface area contributed by atoms with E-state index in [9.17, 15) is 8.42 Å². The van der Waals surface area contributed by atoms with Crippen LogP contribution in [-0.4, -0.2) is 24.7 Å². The maximum Gasteiger partial charge on any atom is 0.283 e. The molecule has 6 heteroatoms. The molecule has 0 radical (unpaired) electrons. The fourth-order valence-corrected chi connectivity index (χ4v) is 4.30. The highest BCUT2D eigenvalue weighted by Gasteiger charge is 2.23. The fourth-order valence-electron chi connectivity index (χ4n) is 3.02. The van der Waals surface area contributed by atoms with Gasteiger partial charge in [-0.1, -0.05) is 48.0 Å². The Hall–Kier alpha value is -3.12. The molecule has 0 N–H and O–H groups in total. The first kappa shape index (κ1) is 17.3. The summed E-state index contributed by atoms with van der Waals surface area (Å²) >= 11 is 0. The van der Waals surface area contributed by atoms with Crippen molar-refractivity contribution in [3.63, 3.8) is 0 Å². The predicted molar refractivity (Wildman–Crippen MR) is 105 cm³/mol. The molecule has 0 spiro atoms. The smallest absolute Gasteiger partial charge is 0.283 e. The number of para-hydroxylation sites is 1. The molecule has 0 fully saturated rings. The van der Waals surface area contributed by atoms with Crippen LogP contribution in [0.4, 0.5) is 0 Å². The van der Waals surface area contributed by atoms with Crippen molar-refractivity contribution in [2.45, 2.75) is 11.8 Å². The maximum absolute atomic E-state index is 13.2. The molecule has 1 aromatic heterocycles. The molecule has 3 aromatic carbocycles. The van der Waals surface area contributed by atoms with E-state index in [2.05, 4.69) is 5.10 Å². The number of aromatic nitrogens is 2. The average Bonchev–Trinajstić information content (AvgIpc) is 3.09. The zero-order chi connectivity index (χ0) is 19.0. The molecule has 136 valence electrons. The van der Waals surface area contributed by atoms with E-state index >= 15 is 0 Å². The Morgan fingerprint density at radius 2 is 1.67 bits per heavy atom. The van der Waals surface area contributed by atoms with Crippen LogP contribution in [0.1, 0.15) is 5.56 Å². The Kier molecular flexibility index (Phi) is 4.20. The molecular formula is C21H18N2O3S. The highest BCUT2D eigenvalue weighted by molar-refractivity contribution is 7.90. The quantitative estimate of drug-likeness (QED) is 0.532. The molecule has 0 atom stereocenters. The van der Waals surface area contributed by atoms with Crippen molar-refractivity contribution in [3.05, 3.63) is 78.4 Å². The van der Waals surface area contributed by atoms with Crippen LogP contribution in [0, 0.1) is 6.92 Å². The predicted octanol–water partition coefficient (Wildman–Crippen LogP) is 4.26. The van der Waals surface area contributed by atoms with Crippen molar-refractivity contribution in [1.82, 2.24) is 9.19 Å². The van der Waals surface area contributed by atoms with E-state index in [1.165, 1.54) is 0 Å². The van der Waals surface area contributed by atoms with Crippen molar-refractivity contribution in [3.8, 4) is 17.0 Å². The molecule has 0 amide bonds. The Balaban J connectivity index is 1.96. The fraction of sp³-hybridized carbons (Fsp3) is 0.0952. The second kappa shape index (κ2) is 6.55. The lowest BCUT2D eigenvalue weighted by molar-refractivity contribution is 0.415. The third-order valence-corrected chi connectivity index (χ3v) is 6.05. The molecule has 0 aliphatic rings. The molecule has 4 rings (SSSR count). The highest BCUT2D eigenvalue weighted by atomic mass is 32.2. The first-order valence-corrected chi connectivity index (χ1v) is 9.89. The van der Waals surface area contributed by atoms with Gasteiger partial charge in [0.2, 0.25) is 0 Å². The van der Waals surface area contributed by atoms with Gasteiger partial charge in [0, 0.05) is 10.9 Å². The molecule has 0 saturated heterocycles. The van der Waals surface area contributed by atoms with Gasteiger partial charge < -0.3 is 4.74 Å². The topological polar surface area (TPSA) is 61.2 Å². The molecule has 27 heavy (non-hydrogen) atoms. The molecule has 5 nitrogen and oxygen atoms in total. The van der Waals surface area contributed by atoms with E-state index < -0.39 is 10.0 Å². The average molecular weight is 378 g/mol. The van der Waals surface area contributed by atoms with Gasteiger partial charge in [-0.3, -0.25) is 0 Å². The molecule has 1 heterocycles. The minimum absolute atomic E-state index is 0.207. The van der Waals surface area contributed by atoms with Crippen molar-refractivity contribution >= 4 is 20.9 Å². The summed E-state index contributed by atoms with van der Waals surface area (Å²) in [5.41, 5.74) is 2.93. The number of fused-ring (bicyclic) bond motifs is 1. The van der Waals surface area contributed by atoms with Crippen LogP contribution in [0.2, 0.25) is 0 Å². The summed E-state index contributed by atoms with van der Waals surface area (Å²) in [5.74, 6) is 0.688. The first-order valence-electron chi connectivity index (χ1n) is 8.45. The van der Waals surface area contributed by atoms with Crippen LogP contribution in [0.25, 0.3) is 22.2 Å². The Bertz CT molecular complexity index is 1230. The summed E-state index contributed by atoms with van der Waals surface area (Å²) in [6.07, 6.45) is 0. The lowest BCUT2D eigenvalue weighted by atomic mass is 10.1. The van der Waals surface area contributed by atoms with Crippen molar-refractivity contribution < 1.29 is 13.2 Å². The summed E-state index contributed by atoms with van der Waals surface area (Å²) in [6.45, 7) is 1.92. The van der Waals surface area contributed by atoms with Gasteiger partial charge in [-0.25, -0.2) is 0 Å². The first-order chi connectivity index (χ1) is 13.0. The number of hydrogen-bond donors (Lipinski definition) is 0. The SMILES string of the molecule is COc1cccc(-c2nn(S(=O)(=O)c3ccc(C)cc3)c3ccccc23)c1. The normalized spacial score (nSPS) is 11.6. The standard InChI is InChI=1S/C21H18N2O3S/c1-15-10-12-18(13-11-15)27(24,25)23-20-9-4-3-8-19(20)21(22-23)16-6-5-7-17(14-16)26-2/h3-14H,1-2H3. The summed E-state index contributed by atoms with van der Waals surface area (Å²) in [6, 6.07) is 21.5. The van der Waals surface area contributed by atoms with E-state index in [0.29, 0.717) is 17.0 Å². The molecule has 0 aliphatic heterocycles. The minimum atomic E-state index is -3.81. The van der Waals surface area contributed by atoms with Crippen LogP contribution in [0.5, 0.6) is 5.75 Å². The van der Waals surface area contributed by atoms with Gasteiger partial charge in [-0.2, -0.15) is 17.6 Å². The van der Waals surface area contributed by atoms with Crippen LogP contribution in [-0.2, 0) is 10.0 Å². The van der Waals surface area contributed by atoms with Gasteiger partial charge in [0.15, 0.2) is 0 Å². The number of benzene rings is 3. The van der Waals surface area contributed by atoms with Gasteiger partial charge >= 0.3 is 0 Å². The molecular weight excluding hydrogens is 360 g/mol. The van der Waals surface area contributed by atoms with Crippen molar-refractivity contribution in [2.75, 3.05) is 7.11 Å². The van der Waals surface area contributed by atoms with Crippen molar-refractivity contribution in [2.24, 2.45) is 0 Å². The summed E-state index contributed by atoms with van der Waals surface area (Å²) in [5, 5.41) is 5.24. The number of methoxy groups -OCH3 is 1. The van der Waals surface area contributed by atoms with Gasteiger partial charge in [-0.05, 0) is 37.3 Å². The van der Waals surface area contributed by atoms with E-state index in [1.54, 1.807) is 43.5 Å². The number of ether oxygens (including phenoxy) is 1. The van der Waals surface area contributed by atoms with Gasteiger partial charge in [0.05, 0.1) is 17.5 Å². The Morgan fingerprint density at radius 3 is 2.41 bits per heavy atom. The van der Waals surface area contributed by atoms with Crippen LogP contribution < -0.4 is 4.74 Å². The number of aryl methyl sites for hydroxylation is 1. The van der Waals surface area contributed by atoms with E-state index in [4.69, 9.17) is 4.74 Å². The van der Waals surface area contributed by atoms with E-state index in [1.807, 2.05) is 43.3 Å². The maximum atomic E-state index is 13.2. The molecule has 0 saturated carbocycles. The van der Waals surface area contributed by atoms with Gasteiger partial charge in [0.1, 0.15) is 11.4 Å². The lowest BCUT2D eigenvalue weighted by Crippen LogP contribution is -2.14. The molecule has 0 bridgehead atoms. The third kappa shape index (κ3) is 2.98. The second-order valence-electron chi connectivity index (χ2n) is 6.26. The highest BCUT2D eigenvalue weighted by Crippen LogP contribution is 2.31. The lowest BCUT2D eigenvalue weighted by Gasteiger charge is -2.06. The zero-order valence-electron chi connectivity index (χ0n) is 15.0. The summed E-state index contributed by atoms with van der Waals surface area (Å²) in [7, 11) is -2.22. The van der Waals surface area contributed by atoms with Crippen LogP contribution >= 0.6 is 0 Å². The Morgan fingerprint density at radius 1 is 0.926 bits per heavy atom. The van der Waals surface area contributed by atoms with Crippen LogP contribution in [0.3, 0.4) is 0 Å². The molecule has 0 aliphatic carbocycles. The monoisotopic (exact) mass is 378 g/mol. The minimum Gasteiger partial charge on any atom is -0.497 e. The molecule has 0 unspecified atom stereocenters. The summed E-state index contributed by atoms with van der Waals surface area (Å²) in [4.78, 5) is 0.207. The van der Waals surface area contributed by atoms with E-state index in [-0.39, 0.29) is 4.90 Å². The van der Waals surface area contributed by atoms with Gasteiger partial charge in [0.25, 0.3) is 10.0 Å². The summed E-state index contributed by atoms with van der Waals surface area (Å²) < 4.78 is 32.8. The number of rotatable bonds is 4. The largest absolute Gasteiger partial charge is 0.497 e.